The third kappa shape index (κ3) is 3.71. The summed E-state index contributed by atoms with van der Waals surface area (Å²) in [6.07, 6.45) is 2.17. The summed E-state index contributed by atoms with van der Waals surface area (Å²) in [6.45, 7) is 2.62. The van der Waals surface area contributed by atoms with Crippen molar-refractivity contribution >= 4 is 16.8 Å². The molecule has 1 aliphatic rings. The molecule has 0 aliphatic carbocycles. The van der Waals surface area contributed by atoms with Crippen molar-refractivity contribution in [3.63, 3.8) is 0 Å². The van der Waals surface area contributed by atoms with Crippen molar-refractivity contribution in [2.45, 2.75) is 12.5 Å². The number of fused-ring (bicyclic) bond motifs is 1. The normalized spacial score (nSPS) is 18.8. The van der Waals surface area contributed by atoms with E-state index in [-0.39, 0.29) is 17.8 Å². The lowest BCUT2D eigenvalue weighted by molar-refractivity contribution is -0.138. The van der Waals surface area contributed by atoms with E-state index in [0.717, 1.165) is 23.0 Å². The highest BCUT2D eigenvalue weighted by atomic mass is 19.1. The molecule has 1 saturated heterocycles. The number of hydrogen-bond donors (Lipinski definition) is 1. The van der Waals surface area contributed by atoms with Crippen molar-refractivity contribution in [3.05, 3.63) is 35.8 Å². The van der Waals surface area contributed by atoms with Crippen LogP contribution in [0.25, 0.3) is 10.9 Å². The molecule has 0 unspecified atom stereocenters. The number of amides is 1. The van der Waals surface area contributed by atoms with Gasteiger partial charge in [0.15, 0.2) is 0 Å². The number of morpholine rings is 1. The molecule has 1 atom stereocenters. The third-order valence-electron chi connectivity index (χ3n) is 4.13. The lowest BCUT2D eigenvalue weighted by Gasteiger charge is -2.34. The Morgan fingerprint density at radius 1 is 1.48 bits per heavy atom. The number of aromatic nitrogens is 1. The second kappa shape index (κ2) is 6.68. The minimum Gasteiger partial charge on any atom is -0.373 e. The van der Waals surface area contributed by atoms with E-state index in [1.54, 1.807) is 12.3 Å². The highest BCUT2D eigenvalue weighted by molar-refractivity contribution is 5.89. The third-order valence-corrected chi connectivity index (χ3v) is 4.13. The number of benzene rings is 1. The van der Waals surface area contributed by atoms with E-state index in [9.17, 15) is 9.18 Å². The SMILES string of the molecule is CN(C)C[C@@H]1CN(C(=O)Cc2c[nH]c3cc(F)ccc23)CCO1. The van der Waals surface area contributed by atoms with Crippen LogP contribution < -0.4 is 0 Å². The second-order valence-corrected chi connectivity index (χ2v) is 6.28. The van der Waals surface area contributed by atoms with E-state index in [2.05, 4.69) is 9.88 Å². The minimum atomic E-state index is -0.281. The fourth-order valence-electron chi connectivity index (χ4n) is 3.04. The number of halogens is 1. The molecule has 1 aromatic carbocycles. The molecule has 5 nitrogen and oxygen atoms in total. The van der Waals surface area contributed by atoms with Gasteiger partial charge in [-0.3, -0.25) is 4.79 Å². The summed E-state index contributed by atoms with van der Waals surface area (Å²) in [5.74, 6) is -0.195. The van der Waals surface area contributed by atoms with Gasteiger partial charge < -0.3 is 19.5 Å². The molecule has 6 heteroatoms. The Hall–Kier alpha value is -1.92. The molecule has 3 rings (SSSR count). The summed E-state index contributed by atoms with van der Waals surface area (Å²) in [7, 11) is 3.99. The molecule has 1 fully saturated rings. The van der Waals surface area contributed by atoms with Crippen molar-refractivity contribution in [3.8, 4) is 0 Å². The number of nitrogens with zero attached hydrogens (tertiary/aromatic N) is 2. The molecular weight excluding hydrogens is 297 g/mol. The Bertz CT molecular complexity index is 698. The lowest BCUT2D eigenvalue weighted by Crippen LogP contribution is -2.49. The first-order chi connectivity index (χ1) is 11.0. The molecule has 1 N–H and O–H groups in total. The van der Waals surface area contributed by atoms with Crippen LogP contribution in [0.5, 0.6) is 0 Å². The van der Waals surface area contributed by atoms with Crippen molar-refractivity contribution in [1.29, 1.82) is 0 Å². The van der Waals surface area contributed by atoms with Crippen LogP contribution in [0.3, 0.4) is 0 Å². The quantitative estimate of drug-likeness (QED) is 0.932. The average Bonchev–Trinajstić information content (AvgIpc) is 2.89. The highest BCUT2D eigenvalue weighted by Gasteiger charge is 2.25. The van der Waals surface area contributed by atoms with Gasteiger partial charge in [0, 0.05) is 36.7 Å². The molecule has 124 valence electrons. The van der Waals surface area contributed by atoms with E-state index in [4.69, 9.17) is 4.74 Å². The number of nitrogens with one attached hydrogen (secondary N) is 1. The van der Waals surface area contributed by atoms with Crippen LogP contribution in [0.2, 0.25) is 0 Å². The maximum atomic E-state index is 13.2. The zero-order valence-electron chi connectivity index (χ0n) is 13.5. The average molecular weight is 319 g/mol. The zero-order chi connectivity index (χ0) is 16.4. The molecule has 23 heavy (non-hydrogen) atoms. The Morgan fingerprint density at radius 2 is 2.30 bits per heavy atom. The highest BCUT2D eigenvalue weighted by Crippen LogP contribution is 2.20. The van der Waals surface area contributed by atoms with Crippen molar-refractivity contribution in [2.24, 2.45) is 0 Å². The largest absolute Gasteiger partial charge is 0.373 e. The van der Waals surface area contributed by atoms with Gasteiger partial charge in [0.05, 0.1) is 19.1 Å². The number of carbonyl (C=O) groups excluding carboxylic acids is 1. The number of likely N-dealkylation sites (N-methyl/N-ethyl adjacent to an activating group) is 1. The van der Waals surface area contributed by atoms with Crippen LogP contribution in [0.1, 0.15) is 5.56 Å². The van der Waals surface area contributed by atoms with E-state index in [1.807, 2.05) is 19.0 Å². The zero-order valence-corrected chi connectivity index (χ0v) is 13.5. The molecule has 0 saturated carbocycles. The van der Waals surface area contributed by atoms with Gasteiger partial charge >= 0.3 is 0 Å². The van der Waals surface area contributed by atoms with Crippen LogP contribution in [-0.4, -0.2) is 67.1 Å². The van der Waals surface area contributed by atoms with Crippen molar-refractivity contribution in [2.75, 3.05) is 40.3 Å². The van der Waals surface area contributed by atoms with Crippen LogP contribution in [0.15, 0.2) is 24.4 Å². The fraction of sp³-hybridized carbons (Fsp3) is 0.471. The summed E-state index contributed by atoms with van der Waals surface area (Å²) in [4.78, 5) is 19.5. The first-order valence-electron chi connectivity index (χ1n) is 7.82. The van der Waals surface area contributed by atoms with Crippen molar-refractivity contribution in [1.82, 2.24) is 14.8 Å². The number of carbonyl (C=O) groups is 1. The van der Waals surface area contributed by atoms with E-state index < -0.39 is 0 Å². The summed E-state index contributed by atoms with van der Waals surface area (Å²) in [5.41, 5.74) is 1.63. The summed E-state index contributed by atoms with van der Waals surface area (Å²) in [6, 6.07) is 4.59. The molecule has 1 aromatic heterocycles. The van der Waals surface area contributed by atoms with Gasteiger partial charge in [0.1, 0.15) is 5.82 Å². The second-order valence-electron chi connectivity index (χ2n) is 6.28. The van der Waals surface area contributed by atoms with Gasteiger partial charge in [-0.05, 0) is 37.9 Å². The fourth-order valence-corrected chi connectivity index (χ4v) is 3.04. The maximum Gasteiger partial charge on any atom is 0.227 e. The molecule has 0 radical (unpaired) electrons. The van der Waals surface area contributed by atoms with Crippen LogP contribution in [0.4, 0.5) is 4.39 Å². The van der Waals surface area contributed by atoms with Gasteiger partial charge in [-0.15, -0.1) is 0 Å². The van der Waals surface area contributed by atoms with Gasteiger partial charge in [-0.25, -0.2) is 4.39 Å². The summed E-state index contributed by atoms with van der Waals surface area (Å²) >= 11 is 0. The molecule has 1 amide bonds. The lowest BCUT2D eigenvalue weighted by atomic mass is 10.1. The number of rotatable bonds is 4. The Kier molecular flexibility index (Phi) is 4.63. The molecule has 0 bridgehead atoms. The Balaban J connectivity index is 1.68. The number of H-pyrrole nitrogens is 1. The first-order valence-corrected chi connectivity index (χ1v) is 7.82. The predicted molar refractivity (Wildman–Crippen MR) is 86.8 cm³/mol. The van der Waals surface area contributed by atoms with E-state index in [0.29, 0.717) is 26.1 Å². The van der Waals surface area contributed by atoms with Gasteiger partial charge in [0.25, 0.3) is 0 Å². The number of aromatic amines is 1. The van der Waals surface area contributed by atoms with Gasteiger partial charge in [0.2, 0.25) is 5.91 Å². The number of ether oxygens (including phenoxy) is 1. The Labute approximate surface area is 135 Å². The van der Waals surface area contributed by atoms with Crippen LogP contribution in [-0.2, 0) is 16.0 Å². The smallest absolute Gasteiger partial charge is 0.227 e. The topological polar surface area (TPSA) is 48.6 Å². The van der Waals surface area contributed by atoms with Crippen LogP contribution in [0, 0.1) is 5.82 Å². The maximum absolute atomic E-state index is 13.2. The van der Waals surface area contributed by atoms with Crippen LogP contribution >= 0.6 is 0 Å². The minimum absolute atomic E-state index is 0.0553. The monoisotopic (exact) mass is 319 g/mol. The van der Waals surface area contributed by atoms with Gasteiger partial charge in [-0.2, -0.15) is 0 Å². The summed E-state index contributed by atoms with van der Waals surface area (Å²) in [5, 5.41) is 0.901. The molecule has 1 aliphatic heterocycles. The molecular formula is C17H22FN3O2. The predicted octanol–water partition coefficient (Wildman–Crippen LogP) is 1.64. The number of hydrogen-bond acceptors (Lipinski definition) is 3. The molecule has 0 spiro atoms. The van der Waals surface area contributed by atoms with Crippen molar-refractivity contribution < 1.29 is 13.9 Å². The molecule has 2 aromatic rings. The van der Waals surface area contributed by atoms with E-state index >= 15 is 0 Å². The standard InChI is InChI=1S/C17H22FN3O2/c1-20(2)10-14-11-21(5-6-23-14)17(22)7-12-9-19-16-8-13(18)3-4-15(12)16/h3-4,8-9,14,19H,5-7,10-11H2,1-2H3/t14-/m1/s1. The van der Waals surface area contributed by atoms with Gasteiger partial charge in [-0.1, -0.05) is 0 Å². The summed E-state index contributed by atoms with van der Waals surface area (Å²) < 4.78 is 18.9. The molecule has 2 heterocycles. The van der Waals surface area contributed by atoms with E-state index in [1.165, 1.54) is 12.1 Å². The first kappa shape index (κ1) is 16.0. The Morgan fingerprint density at radius 3 is 3.09 bits per heavy atom.